The minimum Gasteiger partial charge on any atom is -0.265 e. The van der Waals surface area contributed by atoms with Gasteiger partial charge in [-0.3, -0.25) is 10.1 Å². The van der Waals surface area contributed by atoms with Gasteiger partial charge in [-0.25, -0.2) is 0 Å². The van der Waals surface area contributed by atoms with Gasteiger partial charge in [0.1, 0.15) is 0 Å². The normalized spacial score (nSPS) is 9.44. The van der Waals surface area contributed by atoms with E-state index in [0.717, 1.165) is 18.6 Å². The molecule has 0 aromatic rings. The van der Waals surface area contributed by atoms with Gasteiger partial charge in [-0.05, 0) is 12.8 Å². The van der Waals surface area contributed by atoms with Crippen molar-refractivity contribution in [2.24, 2.45) is 0 Å². The highest BCUT2D eigenvalue weighted by Gasteiger charge is 1.94. The van der Waals surface area contributed by atoms with Crippen molar-refractivity contribution in [2.45, 2.75) is 19.3 Å². The fraction of sp³-hybridized carbons (Fsp3) is 1.00. The second-order valence-electron chi connectivity index (χ2n) is 1.82. The van der Waals surface area contributed by atoms with Gasteiger partial charge in [0, 0.05) is 17.1 Å². The fourth-order valence-corrected chi connectivity index (χ4v) is 0.724. The average molecular weight is 148 g/mol. The Bertz CT molecular complexity index is 87.0. The maximum atomic E-state index is 9.74. The molecule has 0 N–H and O–H groups in total. The molecule has 0 saturated heterocycles. The summed E-state index contributed by atoms with van der Waals surface area (Å²) in [6.45, 7) is 0.0926. The average Bonchev–Trinajstić information content (AvgIpc) is 1.80. The van der Waals surface area contributed by atoms with E-state index >= 15 is 0 Å². The van der Waals surface area contributed by atoms with E-state index in [4.69, 9.17) is 0 Å². The number of unbranched alkanes of at least 4 members (excludes halogenated alkanes) is 2. The topological polar surface area (TPSA) is 43.1 Å². The van der Waals surface area contributed by atoms with Crippen molar-refractivity contribution >= 4 is 12.6 Å². The van der Waals surface area contributed by atoms with E-state index in [2.05, 4.69) is 12.6 Å². The molecule has 0 aromatic carbocycles. The van der Waals surface area contributed by atoms with Crippen LogP contribution < -0.4 is 0 Å². The van der Waals surface area contributed by atoms with Gasteiger partial charge >= 0.3 is 0 Å². The quantitative estimate of drug-likeness (QED) is 0.338. The molecule has 0 rings (SSSR count). The molecule has 0 bridgehead atoms. The molecule has 53 valence electrons. The molecule has 0 aromatic heterocycles. The molecule has 0 aliphatic heterocycles. The summed E-state index contributed by atoms with van der Waals surface area (Å²) in [5.41, 5.74) is 0. The standard InChI is InChI=1S/C5H10NO2S/c7-6(8)4-2-1-3-5-9/h1-5H2. The van der Waals surface area contributed by atoms with E-state index in [0.29, 0.717) is 6.42 Å². The van der Waals surface area contributed by atoms with E-state index < -0.39 is 0 Å². The third-order valence-corrected chi connectivity index (χ3v) is 1.27. The van der Waals surface area contributed by atoms with Crippen molar-refractivity contribution in [1.29, 1.82) is 0 Å². The van der Waals surface area contributed by atoms with Crippen LogP contribution in [0.4, 0.5) is 0 Å². The van der Waals surface area contributed by atoms with Gasteiger partial charge in [0.2, 0.25) is 6.54 Å². The van der Waals surface area contributed by atoms with E-state index in [9.17, 15) is 10.1 Å². The zero-order valence-corrected chi connectivity index (χ0v) is 6.02. The van der Waals surface area contributed by atoms with Crippen LogP contribution in [0.5, 0.6) is 0 Å². The van der Waals surface area contributed by atoms with Crippen LogP contribution in [0.2, 0.25) is 0 Å². The van der Waals surface area contributed by atoms with Crippen molar-refractivity contribution in [3.8, 4) is 0 Å². The van der Waals surface area contributed by atoms with Crippen molar-refractivity contribution in [1.82, 2.24) is 0 Å². The van der Waals surface area contributed by atoms with Crippen molar-refractivity contribution < 1.29 is 4.92 Å². The van der Waals surface area contributed by atoms with Crippen molar-refractivity contribution in [3.05, 3.63) is 10.1 Å². The van der Waals surface area contributed by atoms with Gasteiger partial charge in [-0.2, -0.15) is 0 Å². The Hall–Kier alpha value is -0.250. The summed E-state index contributed by atoms with van der Waals surface area (Å²) in [6.07, 6.45) is 2.50. The highest BCUT2D eigenvalue weighted by atomic mass is 32.1. The lowest BCUT2D eigenvalue weighted by atomic mass is 10.2. The van der Waals surface area contributed by atoms with Crippen LogP contribution in [0.3, 0.4) is 0 Å². The second-order valence-corrected chi connectivity index (χ2v) is 2.23. The number of nitro groups is 1. The molecule has 0 spiro atoms. The minimum atomic E-state index is -0.288. The van der Waals surface area contributed by atoms with Crippen LogP contribution in [0.15, 0.2) is 0 Å². The van der Waals surface area contributed by atoms with Gasteiger partial charge in [0.05, 0.1) is 0 Å². The molecule has 0 aliphatic rings. The van der Waals surface area contributed by atoms with E-state index in [1.165, 1.54) is 0 Å². The molecule has 1 radical (unpaired) electrons. The molecular weight excluding hydrogens is 138 g/mol. The first kappa shape index (κ1) is 8.75. The van der Waals surface area contributed by atoms with Crippen molar-refractivity contribution in [2.75, 3.05) is 12.3 Å². The lowest BCUT2D eigenvalue weighted by Gasteiger charge is -1.91. The molecule has 4 heteroatoms. The van der Waals surface area contributed by atoms with Crippen LogP contribution in [-0.2, 0) is 0 Å². The van der Waals surface area contributed by atoms with Crippen LogP contribution in [-0.4, -0.2) is 17.2 Å². The predicted molar refractivity (Wildman–Crippen MR) is 38.2 cm³/mol. The Morgan fingerprint density at radius 3 is 2.44 bits per heavy atom. The lowest BCUT2D eigenvalue weighted by molar-refractivity contribution is -0.480. The molecule has 0 aliphatic carbocycles. The molecule has 0 amide bonds. The maximum Gasteiger partial charge on any atom is 0.203 e. The van der Waals surface area contributed by atoms with E-state index in [-0.39, 0.29) is 11.5 Å². The van der Waals surface area contributed by atoms with Gasteiger partial charge in [0.25, 0.3) is 0 Å². The van der Waals surface area contributed by atoms with E-state index in [1.807, 2.05) is 0 Å². The highest BCUT2D eigenvalue weighted by molar-refractivity contribution is 7.80. The molecule has 0 atom stereocenters. The molecule has 0 saturated carbocycles. The Balaban J connectivity index is 2.83. The fourth-order valence-electron chi connectivity index (χ4n) is 0.520. The first-order chi connectivity index (χ1) is 4.27. The first-order valence-electron chi connectivity index (χ1n) is 2.97. The van der Waals surface area contributed by atoms with Crippen LogP contribution in [0.25, 0.3) is 0 Å². The number of hydrogen-bond donors (Lipinski definition) is 0. The molecule has 0 fully saturated rings. The Morgan fingerprint density at radius 1 is 1.33 bits per heavy atom. The van der Waals surface area contributed by atoms with Crippen LogP contribution in [0.1, 0.15) is 19.3 Å². The predicted octanol–water partition coefficient (Wildman–Crippen LogP) is 1.63. The Kier molecular flexibility index (Phi) is 5.72. The number of hydrogen-bond acceptors (Lipinski definition) is 2. The van der Waals surface area contributed by atoms with Crippen LogP contribution >= 0.6 is 12.6 Å². The van der Waals surface area contributed by atoms with Gasteiger partial charge in [0.15, 0.2) is 0 Å². The Morgan fingerprint density at radius 2 is 2.00 bits per heavy atom. The first-order valence-corrected chi connectivity index (χ1v) is 3.55. The zero-order chi connectivity index (χ0) is 7.11. The summed E-state index contributed by atoms with van der Waals surface area (Å²) in [5, 5.41) is 9.74. The lowest BCUT2D eigenvalue weighted by Crippen LogP contribution is -1.99. The third-order valence-electron chi connectivity index (χ3n) is 0.985. The third kappa shape index (κ3) is 7.75. The summed E-state index contributed by atoms with van der Waals surface area (Å²) in [6, 6.07) is 0. The number of rotatable bonds is 5. The van der Waals surface area contributed by atoms with Gasteiger partial charge in [-0.15, -0.1) is 0 Å². The number of nitrogens with zero attached hydrogens (tertiary/aromatic N) is 1. The monoisotopic (exact) mass is 148 g/mol. The summed E-state index contributed by atoms with van der Waals surface area (Å²) >= 11 is 4.66. The minimum absolute atomic E-state index is 0.0926. The van der Waals surface area contributed by atoms with E-state index in [1.54, 1.807) is 0 Å². The summed E-state index contributed by atoms with van der Waals surface area (Å²) < 4.78 is 0. The molecule has 3 nitrogen and oxygen atoms in total. The summed E-state index contributed by atoms with van der Waals surface area (Å²) in [4.78, 5) is 9.45. The zero-order valence-electron chi connectivity index (χ0n) is 5.21. The summed E-state index contributed by atoms with van der Waals surface area (Å²) in [7, 11) is 0. The largest absolute Gasteiger partial charge is 0.265 e. The van der Waals surface area contributed by atoms with Gasteiger partial charge < -0.3 is 0 Å². The molecule has 0 heterocycles. The van der Waals surface area contributed by atoms with Crippen molar-refractivity contribution in [3.63, 3.8) is 0 Å². The Labute approximate surface area is 60.0 Å². The molecular formula is C5H10NO2S. The molecule has 0 unspecified atom stereocenters. The van der Waals surface area contributed by atoms with Crippen LogP contribution in [0, 0.1) is 10.1 Å². The maximum absolute atomic E-state index is 9.74. The summed E-state index contributed by atoms with van der Waals surface area (Å²) in [5.74, 6) is 0.720. The second kappa shape index (κ2) is 5.88. The van der Waals surface area contributed by atoms with Gasteiger partial charge in [-0.1, -0.05) is 12.6 Å². The smallest absolute Gasteiger partial charge is 0.203 e. The highest BCUT2D eigenvalue weighted by Crippen LogP contribution is 1.95. The molecule has 9 heavy (non-hydrogen) atoms. The SMILES string of the molecule is O=[N+]([O-])CCCCC[S].